The van der Waals surface area contributed by atoms with Crippen molar-refractivity contribution in [3.05, 3.63) is 10.6 Å². The fourth-order valence-electron chi connectivity index (χ4n) is 2.23. The number of anilines is 1. The third-order valence-electron chi connectivity index (χ3n) is 3.88. The summed E-state index contributed by atoms with van der Waals surface area (Å²) in [6.07, 6.45) is 1.56. The highest BCUT2D eigenvalue weighted by molar-refractivity contribution is 7.15. The second-order valence-electron chi connectivity index (χ2n) is 5.33. The molecule has 1 heterocycles. The zero-order valence-electron chi connectivity index (χ0n) is 11.3. The minimum Gasteiger partial charge on any atom is -0.481 e. The maximum absolute atomic E-state index is 11.1. The number of rotatable bonds is 4. The third-order valence-corrected chi connectivity index (χ3v) is 5.10. The summed E-state index contributed by atoms with van der Waals surface area (Å²) in [4.78, 5) is 19.0. The van der Waals surface area contributed by atoms with E-state index in [1.54, 1.807) is 11.3 Å². The molecule has 4 nitrogen and oxygen atoms in total. The molecule has 0 fully saturated rings. The number of aliphatic carboxylic acids is 1. The highest BCUT2D eigenvalue weighted by Gasteiger charge is 2.33. The standard InChI is InChI=1S/C13H20N2O2S/c1-7(2)8(3)15(4)13-14-11-9(12(16)17)5-6-10(11)18-13/h7-9H,5-6H2,1-4H3,(H,16,17). The number of aryl methyl sites for hydroxylation is 1. The molecule has 1 aromatic heterocycles. The van der Waals surface area contributed by atoms with Crippen LogP contribution in [0.3, 0.4) is 0 Å². The molecule has 0 saturated heterocycles. The molecule has 0 spiro atoms. The molecular formula is C13H20N2O2S. The highest BCUT2D eigenvalue weighted by atomic mass is 32.1. The van der Waals surface area contributed by atoms with Crippen LogP contribution in [0.1, 0.15) is 43.7 Å². The maximum atomic E-state index is 11.1. The molecule has 0 radical (unpaired) electrons. The Morgan fingerprint density at radius 2 is 2.17 bits per heavy atom. The van der Waals surface area contributed by atoms with Gasteiger partial charge in [0.25, 0.3) is 0 Å². The summed E-state index contributed by atoms with van der Waals surface area (Å²) in [6, 6.07) is 0.402. The largest absolute Gasteiger partial charge is 0.481 e. The zero-order valence-corrected chi connectivity index (χ0v) is 12.1. The second-order valence-corrected chi connectivity index (χ2v) is 6.39. The summed E-state index contributed by atoms with van der Waals surface area (Å²) < 4.78 is 0. The Hall–Kier alpha value is -1.10. The van der Waals surface area contributed by atoms with Crippen molar-refractivity contribution in [2.24, 2.45) is 5.92 Å². The summed E-state index contributed by atoms with van der Waals surface area (Å²) in [6.45, 7) is 6.54. The molecule has 5 heteroatoms. The summed E-state index contributed by atoms with van der Waals surface area (Å²) >= 11 is 1.65. The van der Waals surface area contributed by atoms with Gasteiger partial charge in [-0.15, -0.1) is 11.3 Å². The quantitative estimate of drug-likeness (QED) is 0.912. The number of carboxylic acid groups (broad SMARTS) is 1. The molecule has 1 aromatic rings. The van der Waals surface area contributed by atoms with E-state index in [0.717, 1.165) is 22.1 Å². The lowest BCUT2D eigenvalue weighted by Gasteiger charge is -2.27. The molecule has 0 aliphatic heterocycles. The van der Waals surface area contributed by atoms with Gasteiger partial charge in [-0.25, -0.2) is 4.98 Å². The first kappa shape index (κ1) is 13.3. The molecule has 18 heavy (non-hydrogen) atoms. The van der Waals surface area contributed by atoms with Crippen LogP contribution in [0.4, 0.5) is 5.13 Å². The summed E-state index contributed by atoms with van der Waals surface area (Å²) in [5.41, 5.74) is 0.797. The molecule has 2 rings (SSSR count). The van der Waals surface area contributed by atoms with Crippen molar-refractivity contribution in [2.75, 3.05) is 11.9 Å². The average Bonchev–Trinajstić information content (AvgIpc) is 2.85. The van der Waals surface area contributed by atoms with Crippen molar-refractivity contribution in [1.82, 2.24) is 4.98 Å². The van der Waals surface area contributed by atoms with E-state index in [-0.39, 0.29) is 0 Å². The Kier molecular flexibility index (Phi) is 3.61. The van der Waals surface area contributed by atoms with Crippen LogP contribution >= 0.6 is 11.3 Å². The van der Waals surface area contributed by atoms with Crippen molar-refractivity contribution in [3.63, 3.8) is 0 Å². The van der Waals surface area contributed by atoms with Gasteiger partial charge < -0.3 is 10.0 Å². The van der Waals surface area contributed by atoms with Gasteiger partial charge in [-0.1, -0.05) is 13.8 Å². The van der Waals surface area contributed by atoms with E-state index >= 15 is 0 Å². The first-order chi connectivity index (χ1) is 8.41. The third kappa shape index (κ3) is 2.23. The van der Waals surface area contributed by atoms with Gasteiger partial charge in [0.15, 0.2) is 5.13 Å². The number of carbonyl (C=O) groups is 1. The Morgan fingerprint density at radius 3 is 2.72 bits per heavy atom. The molecule has 0 bridgehead atoms. The summed E-state index contributed by atoms with van der Waals surface area (Å²) in [5, 5.41) is 10.1. The number of aromatic nitrogens is 1. The molecule has 0 amide bonds. The Bertz CT molecular complexity index is 456. The summed E-state index contributed by atoms with van der Waals surface area (Å²) in [7, 11) is 2.04. The van der Waals surface area contributed by atoms with Crippen LogP contribution in [-0.2, 0) is 11.2 Å². The van der Waals surface area contributed by atoms with Crippen molar-refractivity contribution in [2.45, 2.75) is 45.6 Å². The van der Waals surface area contributed by atoms with Crippen LogP contribution in [0.2, 0.25) is 0 Å². The maximum Gasteiger partial charge on any atom is 0.312 e. The fraction of sp³-hybridized carbons (Fsp3) is 0.692. The Labute approximate surface area is 112 Å². The SMILES string of the molecule is CC(C)C(C)N(C)c1nc2c(s1)CCC2C(=O)O. The van der Waals surface area contributed by atoms with E-state index in [0.29, 0.717) is 18.4 Å². The number of fused-ring (bicyclic) bond motifs is 1. The first-order valence-corrected chi connectivity index (χ1v) is 7.18. The monoisotopic (exact) mass is 268 g/mol. The van der Waals surface area contributed by atoms with Crippen molar-refractivity contribution in [1.29, 1.82) is 0 Å². The predicted octanol–water partition coefficient (Wildman–Crippen LogP) is 2.74. The molecule has 1 aliphatic carbocycles. The van der Waals surface area contributed by atoms with Crippen LogP contribution in [0.15, 0.2) is 0 Å². The molecule has 2 atom stereocenters. The molecule has 2 unspecified atom stereocenters. The topological polar surface area (TPSA) is 53.4 Å². The minimum atomic E-state index is -0.745. The summed E-state index contributed by atoms with van der Waals surface area (Å²) in [5.74, 6) is -0.595. The van der Waals surface area contributed by atoms with Crippen LogP contribution in [0.5, 0.6) is 0 Å². The van der Waals surface area contributed by atoms with Crippen LogP contribution in [-0.4, -0.2) is 29.1 Å². The minimum absolute atomic E-state index is 0.396. The number of carboxylic acids is 1. The molecule has 100 valence electrons. The fourth-order valence-corrected chi connectivity index (χ4v) is 3.41. The van der Waals surface area contributed by atoms with Crippen LogP contribution in [0.25, 0.3) is 0 Å². The molecule has 0 aromatic carbocycles. The van der Waals surface area contributed by atoms with Crippen molar-refractivity contribution < 1.29 is 9.90 Å². The van der Waals surface area contributed by atoms with E-state index in [4.69, 9.17) is 5.11 Å². The molecule has 1 aliphatic rings. The van der Waals surface area contributed by atoms with E-state index < -0.39 is 11.9 Å². The number of hydrogen-bond donors (Lipinski definition) is 1. The first-order valence-electron chi connectivity index (χ1n) is 6.37. The predicted molar refractivity (Wildman–Crippen MR) is 73.5 cm³/mol. The molecular weight excluding hydrogens is 248 g/mol. The Balaban J connectivity index is 2.23. The normalized spacial score (nSPS) is 19.9. The van der Waals surface area contributed by atoms with Crippen molar-refractivity contribution in [3.8, 4) is 0 Å². The van der Waals surface area contributed by atoms with E-state index in [1.165, 1.54) is 0 Å². The Morgan fingerprint density at radius 1 is 1.50 bits per heavy atom. The smallest absolute Gasteiger partial charge is 0.312 e. The van der Waals surface area contributed by atoms with Gasteiger partial charge >= 0.3 is 5.97 Å². The van der Waals surface area contributed by atoms with E-state index in [1.807, 2.05) is 7.05 Å². The van der Waals surface area contributed by atoms with Gasteiger partial charge in [-0.2, -0.15) is 0 Å². The lowest BCUT2D eigenvalue weighted by molar-refractivity contribution is -0.138. The average molecular weight is 268 g/mol. The number of hydrogen-bond acceptors (Lipinski definition) is 4. The van der Waals surface area contributed by atoms with Crippen LogP contribution in [0, 0.1) is 5.92 Å². The lowest BCUT2D eigenvalue weighted by atomic mass is 10.1. The van der Waals surface area contributed by atoms with Gasteiger partial charge in [0.1, 0.15) is 5.92 Å². The number of nitrogens with zero attached hydrogens (tertiary/aromatic N) is 2. The van der Waals surface area contributed by atoms with Gasteiger partial charge in [0.05, 0.1) is 5.69 Å². The van der Waals surface area contributed by atoms with E-state index in [9.17, 15) is 4.79 Å². The van der Waals surface area contributed by atoms with Gasteiger partial charge in [-0.3, -0.25) is 4.79 Å². The van der Waals surface area contributed by atoms with E-state index in [2.05, 4.69) is 30.7 Å². The van der Waals surface area contributed by atoms with Gasteiger partial charge in [0.2, 0.25) is 0 Å². The molecule has 1 N–H and O–H groups in total. The van der Waals surface area contributed by atoms with Gasteiger partial charge in [0, 0.05) is 18.0 Å². The number of thiazole rings is 1. The second kappa shape index (κ2) is 4.88. The zero-order chi connectivity index (χ0) is 13.4. The highest BCUT2D eigenvalue weighted by Crippen LogP contribution is 2.39. The lowest BCUT2D eigenvalue weighted by Crippen LogP contribution is -2.33. The van der Waals surface area contributed by atoms with Gasteiger partial charge in [-0.05, 0) is 25.7 Å². The van der Waals surface area contributed by atoms with Crippen molar-refractivity contribution >= 4 is 22.4 Å². The molecule has 0 saturated carbocycles. The van der Waals surface area contributed by atoms with Crippen LogP contribution < -0.4 is 4.90 Å².